The first-order valence-corrected chi connectivity index (χ1v) is 11.6. The molecule has 30 heavy (non-hydrogen) atoms. The van der Waals surface area contributed by atoms with E-state index in [1.54, 1.807) is 0 Å². The van der Waals surface area contributed by atoms with Gasteiger partial charge in [0, 0.05) is 38.4 Å². The van der Waals surface area contributed by atoms with Crippen LogP contribution in [-0.2, 0) is 9.53 Å². The molecule has 0 aromatic heterocycles. The normalized spacial score (nSPS) is 37.0. The number of esters is 1. The number of anilines is 1. The fourth-order valence-electron chi connectivity index (χ4n) is 6.42. The first-order chi connectivity index (χ1) is 14.4. The highest BCUT2D eigenvalue weighted by Crippen LogP contribution is 2.57. The predicted octanol–water partition coefficient (Wildman–Crippen LogP) is 3.38. The molecule has 0 spiro atoms. The van der Waals surface area contributed by atoms with Crippen molar-refractivity contribution in [2.45, 2.75) is 57.7 Å². The summed E-state index contributed by atoms with van der Waals surface area (Å²) in [6, 6.07) is 10.5. The second-order valence-electron chi connectivity index (χ2n) is 10.1. The van der Waals surface area contributed by atoms with Gasteiger partial charge < -0.3 is 14.7 Å². The summed E-state index contributed by atoms with van der Waals surface area (Å²) in [7, 11) is 0. The summed E-state index contributed by atoms with van der Waals surface area (Å²) in [6.45, 7) is 8.75. The molecule has 1 saturated carbocycles. The Bertz CT molecular complexity index is 845. The largest absolute Gasteiger partial charge is 0.454 e. The van der Waals surface area contributed by atoms with Crippen LogP contribution in [0.25, 0.3) is 0 Å². The van der Waals surface area contributed by atoms with Gasteiger partial charge in [0.2, 0.25) is 0 Å². The number of benzene rings is 1. The lowest BCUT2D eigenvalue weighted by Gasteiger charge is -2.50. The van der Waals surface area contributed by atoms with Gasteiger partial charge in [-0.15, -0.1) is 0 Å². The van der Waals surface area contributed by atoms with E-state index in [4.69, 9.17) is 4.74 Å². The van der Waals surface area contributed by atoms with Crippen LogP contribution in [0.3, 0.4) is 0 Å². The first-order valence-electron chi connectivity index (χ1n) is 11.6. The molecule has 5 heteroatoms. The Hall–Kier alpha value is -1.85. The van der Waals surface area contributed by atoms with Gasteiger partial charge in [0.1, 0.15) is 11.5 Å². The van der Waals surface area contributed by atoms with Crippen LogP contribution in [-0.4, -0.2) is 60.4 Å². The molecule has 1 aromatic rings. The van der Waals surface area contributed by atoms with Crippen LogP contribution in [0.5, 0.6) is 0 Å². The number of allylic oxidation sites excluding steroid dienone is 1. The molecular formula is C25H34N2O3. The third kappa shape index (κ3) is 3.18. The molecule has 2 heterocycles. The molecule has 2 aliphatic heterocycles. The highest BCUT2D eigenvalue weighted by molar-refractivity contribution is 5.78. The van der Waals surface area contributed by atoms with Gasteiger partial charge in [-0.25, -0.2) is 0 Å². The van der Waals surface area contributed by atoms with Gasteiger partial charge in [0.05, 0.1) is 0 Å². The van der Waals surface area contributed by atoms with E-state index in [9.17, 15) is 9.90 Å². The zero-order chi connectivity index (χ0) is 20.9. The Morgan fingerprint density at radius 3 is 2.57 bits per heavy atom. The minimum Gasteiger partial charge on any atom is -0.454 e. The Labute approximate surface area is 179 Å². The maximum absolute atomic E-state index is 12.9. The standard InChI is InChI=1S/C25H34N2O3/c1-18-7-6-10-24(2)11-12-25(29)20(23(28)30-22(25)21(18)24)17-26-13-15-27(16-14-26)19-8-4-3-5-9-19/h3-5,8-9,20,22,29H,6-7,10-17H2,1-2H3/t20?,22-,24+,25?/m0/s1. The number of nitrogens with zero attached hydrogens (tertiary/aromatic N) is 2. The summed E-state index contributed by atoms with van der Waals surface area (Å²) in [5.41, 5.74) is 2.84. The lowest BCUT2D eigenvalue weighted by molar-refractivity contribution is -0.144. The number of hydrogen-bond acceptors (Lipinski definition) is 5. The summed E-state index contributed by atoms with van der Waals surface area (Å²) in [5.74, 6) is -0.652. The van der Waals surface area contributed by atoms with Crippen LogP contribution in [0.2, 0.25) is 0 Å². The zero-order valence-corrected chi connectivity index (χ0v) is 18.3. The summed E-state index contributed by atoms with van der Waals surface area (Å²) in [6.07, 6.45) is 4.55. The Balaban J connectivity index is 1.30. The number of aliphatic hydroxyl groups is 1. The highest BCUT2D eigenvalue weighted by Gasteiger charge is 2.63. The Morgan fingerprint density at radius 1 is 1.10 bits per heavy atom. The Morgan fingerprint density at radius 2 is 1.83 bits per heavy atom. The van der Waals surface area contributed by atoms with Crippen molar-refractivity contribution in [1.29, 1.82) is 0 Å². The van der Waals surface area contributed by atoms with Gasteiger partial charge in [-0.3, -0.25) is 9.69 Å². The minimum atomic E-state index is -1.05. The third-order valence-electron chi connectivity index (χ3n) is 8.24. The van der Waals surface area contributed by atoms with Crippen molar-refractivity contribution in [2.24, 2.45) is 11.3 Å². The van der Waals surface area contributed by atoms with E-state index in [2.05, 4.69) is 47.9 Å². The van der Waals surface area contributed by atoms with Gasteiger partial charge in [-0.1, -0.05) is 30.7 Å². The molecule has 3 fully saturated rings. The molecule has 5 rings (SSSR count). The molecule has 1 aromatic carbocycles. The van der Waals surface area contributed by atoms with Crippen molar-refractivity contribution in [2.75, 3.05) is 37.6 Å². The first kappa shape index (κ1) is 20.1. The summed E-state index contributed by atoms with van der Waals surface area (Å²) >= 11 is 0. The number of hydrogen-bond donors (Lipinski definition) is 1. The van der Waals surface area contributed by atoms with E-state index in [0.29, 0.717) is 13.0 Å². The average Bonchev–Trinajstić information content (AvgIpc) is 2.99. The maximum Gasteiger partial charge on any atom is 0.314 e. The van der Waals surface area contributed by atoms with E-state index >= 15 is 0 Å². The topological polar surface area (TPSA) is 53.0 Å². The smallest absolute Gasteiger partial charge is 0.314 e. The lowest BCUT2D eigenvalue weighted by atomic mass is 9.58. The quantitative estimate of drug-likeness (QED) is 0.612. The van der Waals surface area contributed by atoms with Crippen LogP contribution in [0.1, 0.15) is 46.0 Å². The van der Waals surface area contributed by atoms with Gasteiger partial charge in [0.15, 0.2) is 6.10 Å². The molecule has 5 nitrogen and oxygen atoms in total. The molecule has 4 atom stereocenters. The summed E-state index contributed by atoms with van der Waals surface area (Å²) in [4.78, 5) is 17.7. The summed E-state index contributed by atoms with van der Waals surface area (Å²) in [5, 5.41) is 11.8. The number of ether oxygens (including phenoxy) is 1. The molecule has 0 radical (unpaired) electrons. The maximum atomic E-state index is 12.9. The van der Waals surface area contributed by atoms with Crippen LogP contribution in [0.4, 0.5) is 5.69 Å². The lowest BCUT2D eigenvalue weighted by Crippen LogP contribution is -2.56. The van der Waals surface area contributed by atoms with Gasteiger partial charge >= 0.3 is 5.97 Å². The van der Waals surface area contributed by atoms with E-state index in [1.165, 1.54) is 23.3 Å². The second kappa shape index (κ2) is 7.38. The number of carbonyl (C=O) groups is 1. The second-order valence-corrected chi connectivity index (χ2v) is 10.1. The van der Waals surface area contributed by atoms with E-state index in [-0.39, 0.29) is 11.4 Å². The number of fused-ring (bicyclic) bond motifs is 3. The molecule has 2 saturated heterocycles. The number of piperazine rings is 1. The Kier molecular flexibility index (Phi) is 4.94. The van der Waals surface area contributed by atoms with E-state index < -0.39 is 17.6 Å². The van der Waals surface area contributed by atoms with E-state index in [0.717, 1.165) is 45.4 Å². The van der Waals surface area contributed by atoms with Crippen molar-refractivity contribution in [1.82, 2.24) is 4.90 Å². The summed E-state index contributed by atoms with van der Waals surface area (Å²) < 4.78 is 5.93. The van der Waals surface area contributed by atoms with Crippen LogP contribution < -0.4 is 4.90 Å². The SMILES string of the molecule is CC1=C2[C@@H]3OC(=O)C(CN4CCN(c5ccccc5)CC4)C3(O)CC[C@@]2(C)CCC1. The number of para-hydroxylation sites is 1. The van der Waals surface area contributed by atoms with Crippen molar-refractivity contribution >= 4 is 11.7 Å². The van der Waals surface area contributed by atoms with Gasteiger partial charge in [-0.2, -0.15) is 0 Å². The molecular weight excluding hydrogens is 376 g/mol. The van der Waals surface area contributed by atoms with E-state index in [1.807, 2.05) is 6.07 Å². The van der Waals surface area contributed by atoms with Gasteiger partial charge in [-0.05, 0) is 62.1 Å². The zero-order valence-electron chi connectivity index (χ0n) is 18.3. The molecule has 2 unspecified atom stereocenters. The fraction of sp³-hybridized carbons (Fsp3) is 0.640. The fourth-order valence-corrected chi connectivity index (χ4v) is 6.42. The van der Waals surface area contributed by atoms with Crippen molar-refractivity contribution in [3.8, 4) is 0 Å². The molecule has 2 aliphatic carbocycles. The van der Waals surface area contributed by atoms with Crippen LogP contribution in [0, 0.1) is 11.3 Å². The highest BCUT2D eigenvalue weighted by atomic mass is 16.6. The van der Waals surface area contributed by atoms with Gasteiger partial charge in [0.25, 0.3) is 0 Å². The third-order valence-corrected chi connectivity index (χ3v) is 8.24. The number of rotatable bonds is 3. The predicted molar refractivity (Wildman–Crippen MR) is 117 cm³/mol. The van der Waals surface area contributed by atoms with Crippen LogP contribution >= 0.6 is 0 Å². The molecule has 162 valence electrons. The molecule has 1 N–H and O–H groups in total. The molecule has 4 aliphatic rings. The van der Waals surface area contributed by atoms with Crippen molar-refractivity contribution < 1.29 is 14.6 Å². The van der Waals surface area contributed by atoms with Crippen molar-refractivity contribution in [3.63, 3.8) is 0 Å². The minimum absolute atomic E-state index is 0.0791. The van der Waals surface area contributed by atoms with Crippen molar-refractivity contribution in [3.05, 3.63) is 41.5 Å². The average molecular weight is 411 g/mol. The molecule has 0 amide bonds. The number of carbonyl (C=O) groups excluding carboxylic acids is 1. The molecule has 0 bridgehead atoms. The monoisotopic (exact) mass is 410 g/mol. The van der Waals surface area contributed by atoms with Crippen LogP contribution in [0.15, 0.2) is 41.5 Å².